The van der Waals surface area contributed by atoms with Crippen molar-refractivity contribution in [2.45, 2.75) is 45.1 Å². The van der Waals surface area contributed by atoms with E-state index in [-0.39, 0.29) is 17.5 Å². The van der Waals surface area contributed by atoms with E-state index in [1.54, 1.807) is 12.3 Å². The lowest BCUT2D eigenvalue weighted by molar-refractivity contribution is 0.0535. The second-order valence-corrected chi connectivity index (χ2v) is 5.15. The highest BCUT2D eigenvalue weighted by atomic mass is 16.3. The Hall–Kier alpha value is -1.42. The summed E-state index contributed by atoms with van der Waals surface area (Å²) in [5.41, 5.74) is 6.95. The number of aromatic nitrogens is 1. The molecule has 4 nitrogen and oxygen atoms in total. The lowest BCUT2D eigenvalue weighted by Gasteiger charge is -2.25. The fourth-order valence-electron chi connectivity index (χ4n) is 2.60. The summed E-state index contributed by atoms with van der Waals surface area (Å²) in [5, 5.41) is 10.2. The van der Waals surface area contributed by atoms with Gasteiger partial charge in [0.25, 0.3) is 0 Å². The first-order valence-electron chi connectivity index (χ1n) is 6.54. The minimum Gasteiger partial charge on any atom is -0.385 e. The van der Waals surface area contributed by atoms with Gasteiger partial charge >= 0.3 is 0 Å². The van der Waals surface area contributed by atoms with Crippen LogP contribution in [0.25, 0.3) is 0 Å². The Balaban J connectivity index is 2.16. The largest absolute Gasteiger partial charge is 0.385 e. The SMILES string of the molecule is Cc1cnc(N)c(C(=O)C(O)C2CCCCC2)c1. The van der Waals surface area contributed by atoms with Crippen LogP contribution in [0.4, 0.5) is 5.82 Å². The fourth-order valence-corrected chi connectivity index (χ4v) is 2.60. The van der Waals surface area contributed by atoms with Crippen LogP contribution >= 0.6 is 0 Å². The van der Waals surface area contributed by atoms with Crippen LogP contribution in [0.15, 0.2) is 12.3 Å². The molecule has 98 valence electrons. The molecule has 1 atom stereocenters. The van der Waals surface area contributed by atoms with Crippen molar-refractivity contribution in [2.75, 3.05) is 5.73 Å². The van der Waals surface area contributed by atoms with Gasteiger partial charge in [0, 0.05) is 6.20 Å². The van der Waals surface area contributed by atoms with Gasteiger partial charge in [0.2, 0.25) is 0 Å². The van der Waals surface area contributed by atoms with Crippen LogP contribution < -0.4 is 5.73 Å². The van der Waals surface area contributed by atoms with Crippen molar-refractivity contribution < 1.29 is 9.90 Å². The summed E-state index contributed by atoms with van der Waals surface area (Å²) in [6.07, 6.45) is 5.92. The van der Waals surface area contributed by atoms with E-state index in [2.05, 4.69) is 4.98 Å². The van der Waals surface area contributed by atoms with Gasteiger partial charge in [-0.2, -0.15) is 0 Å². The summed E-state index contributed by atoms with van der Waals surface area (Å²) in [7, 11) is 0. The van der Waals surface area contributed by atoms with E-state index in [1.807, 2.05) is 6.92 Å². The van der Waals surface area contributed by atoms with E-state index >= 15 is 0 Å². The summed E-state index contributed by atoms with van der Waals surface area (Å²) >= 11 is 0. The number of aryl methyl sites for hydroxylation is 1. The second-order valence-electron chi connectivity index (χ2n) is 5.15. The highest BCUT2D eigenvalue weighted by Gasteiger charge is 2.29. The normalized spacial score (nSPS) is 18.6. The third kappa shape index (κ3) is 2.70. The molecular formula is C14H20N2O2. The van der Waals surface area contributed by atoms with E-state index < -0.39 is 6.10 Å². The molecule has 0 aromatic carbocycles. The number of nitrogens with two attached hydrogens (primary N) is 1. The lowest BCUT2D eigenvalue weighted by atomic mass is 9.82. The van der Waals surface area contributed by atoms with E-state index in [9.17, 15) is 9.90 Å². The maximum absolute atomic E-state index is 12.2. The maximum Gasteiger partial charge on any atom is 0.195 e. The summed E-state index contributed by atoms with van der Waals surface area (Å²) < 4.78 is 0. The number of hydrogen-bond donors (Lipinski definition) is 2. The molecule has 0 bridgehead atoms. The molecule has 0 saturated heterocycles. The number of ketones is 1. The van der Waals surface area contributed by atoms with Crippen molar-refractivity contribution in [3.63, 3.8) is 0 Å². The molecule has 4 heteroatoms. The van der Waals surface area contributed by atoms with E-state index in [4.69, 9.17) is 5.73 Å². The van der Waals surface area contributed by atoms with Crippen molar-refractivity contribution in [2.24, 2.45) is 5.92 Å². The van der Waals surface area contributed by atoms with Crippen molar-refractivity contribution in [3.05, 3.63) is 23.4 Å². The molecule has 1 heterocycles. The maximum atomic E-state index is 12.2. The first kappa shape index (κ1) is 13.0. The molecule has 2 rings (SSSR count). The van der Waals surface area contributed by atoms with Gasteiger partial charge in [0.15, 0.2) is 5.78 Å². The first-order chi connectivity index (χ1) is 8.59. The molecule has 18 heavy (non-hydrogen) atoms. The quantitative estimate of drug-likeness (QED) is 0.803. The predicted molar refractivity (Wildman–Crippen MR) is 70.3 cm³/mol. The minimum atomic E-state index is -0.934. The van der Waals surface area contributed by atoms with Crippen LogP contribution in [0, 0.1) is 12.8 Å². The molecule has 1 unspecified atom stereocenters. The lowest BCUT2D eigenvalue weighted by Crippen LogP contribution is -2.31. The number of pyridine rings is 1. The molecule has 1 fully saturated rings. The van der Waals surface area contributed by atoms with Gasteiger partial charge in [-0.3, -0.25) is 4.79 Å². The molecule has 1 aromatic rings. The van der Waals surface area contributed by atoms with E-state index in [0.29, 0.717) is 5.56 Å². The van der Waals surface area contributed by atoms with Gasteiger partial charge in [-0.15, -0.1) is 0 Å². The highest BCUT2D eigenvalue weighted by molar-refractivity contribution is 6.03. The van der Waals surface area contributed by atoms with Gasteiger partial charge < -0.3 is 10.8 Å². The Morgan fingerprint density at radius 1 is 1.44 bits per heavy atom. The molecule has 0 aliphatic heterocycles. The number of nitrogen functional groups attached to an aromatic ring is 1. The Kier molecular flexibility index (Phi) is 3.97. The molecule has 1 aromatic heterocycles. The Morgan fingerprint density at radius 2 is 2.11 bits per heavy atom. The second kappa shape index (κ2) is 5.48. The minimum absolute atomic E-state index is 0.0752. The van der Waals surface area contributed by atoms with Crippen LogP contribution in [0.5, 0.6) is 0 Å². The van der Waals surface area contributed by atoms with Gasteiger partial charge in [-0.05, 0) is 37.3 Å². The number of anilines is 1. The summed E-state index contributed by atoms with van der Waals surface area (Å²) in [6, 6.07) is 1.71. The summed E-state index contributed by atoms with van der Waals surface area (Å²) in [5.74, 6) is 0.00206. The Labute approximate surface area is 107 Å². The highest BCUT2D eigenvalue weighted by Crippen LogP contribution is 2.28. The van der Waals surface area contributed by atoms with Crippen LogP contribution in [0.3, 0.4) is 0 Å². The van der Waals surface area contributed by atoms with Crippen molar-refractivity contribution in [1.82, 2.24) is 4.98 Å². The van der Waals surface area contributed by atoms with Gasteiger partial charge in [0.1, 0.15) is 11.9 Å². The summed E-state index contributed by atoms with van der Waals surface area (Å²) in [4.78, 5) is 16.2. The zero-order valence-electron chi connectivity index (χ0n) is 10.7. The Bertz CT molecular complexity index is 439. The molecule has 1 aliphatic carbocycles. The molecule has 0 radical (unpaired) electrons. The summed E-state index contributed by atoms with van der Waals surface area (Å²) in [6.45, 7) is 1.86. The van der Waals surface area contributed by atoms with Crippen molar-refractivity contribution in [3.8, 4) is 0 Å². The van der Waals surface area contributed by atoms with Crippen LogP contribution in [0.2, 0.25) is 0 Å². The molecule has 0 spiro atoms. The average molecular weight is 248 g/mol. The molecule has 3 N–H and O–H groups in total. The van der Waals surface area contributed by atoms with E-state index in [0.717, 1.165) is 31.2 Å². The number of rotatable bonds is 3. The van der Waals surface area contributed by atoms with Crippen LogP contribution in [-0.4, -0.2) is 22.0 Å². The number of Topliss-reactive ketones (excluding diaryl/α,β-unsaturated/α-hetero) is 1. The number of aliphatic hydroxyl groups excluding tert-OH is 1. The standard InChI is InChI=1S/C14H20N2O2/c1-9-7-11(14(15)16-8-9)13(18)12(17)10-5-3-2-4-6-10/h7-8,10,12,17H,2-6H2,1H3,(H2,15,16). The number of carbonyl (C=O) groups excluding carboxylic acids is 1. The van der Waals surface area contributed by atoms with Gasteiger partial charge in [-0.1, -0.05) is 19.3 Å². The first-order valence-corrected chi connectivity index (χ1v) is 6.54. The van der Waals surface area contributed by atoms with Crippen LogP contribution in [0.1, 0.15) is 48.0 Å². The molecule has 0 amide bonds. The van der Waals surface area contributed by atoms with Crippen molar-refractivity contribution in [1.29, 1.82) is 0 Å². The number of carbonyl (C=O) groups is 1. The third-order valence-corrected chi connectivity index (χ3v) is 3.69. The average Bonchev–Trinajstić information content (AvgIpc) is 2.41. The Morgan fingerprint density at radius 3 is 2.78 bits per heavy atom. The van der Waals surface area contributed by atoms with Gasteiger partial charge in [-0.25, -0.2) is 4.98 Å². The smallest absolute Gasteiger partial charge is 0.195 e. The number of aliphatic hydroxyl groups is 1. The molecule has 1 aliphatic rings. The fraction of sp³-hybridized carbons (Fsp3) is 0.571. The van der Waals surface area contributed by atoms with Crippen LogP contribution in [-0.2, 0) is 0 Å². The zero-order chi connectivity index (χ0) is 13.1. The van der Waals surface area contributed by atoms with Gasteiger partial charge in [0.05, 0.1) is 5.56 Å². The monoisotopic (exact) mass is 248 g/mol. The van der Waals surface area contributed by atoms with E-state index in [1.165, 1.54) is 6.42 Å². The molecule has 1 saturated carbocycles. The zero-order valence-corrected chi connectivity index (χ0v) is 10.7. The number of nitrogens with zero attached hydrogens (tertiary/aromatic N) is 1. The third-order valence-electron chi connectivity index (χ3n) is 3.69. The topological polar surface area (TPSA) is 76.2 Å². The van der Waals surface area contributed by atoms with Crippen molar-refractivity contribution >= 4 is 11.6 Å². The predicted octanol–water partition coefficient (Wildman–Crippen LogP) is 2.10. The molecular weight excluding hydrogens is 228 g/mol. The number of hydrogen-bond acceptors (Lipinski definition) is 4.